The van der Waals surface area contributed by atoms with Crippen molar-refractivity contribution >= 4 is 5.91 Å². The molecule has 21 heavy (non-hydrogen) atoms. The van der Waals surface area contributed by atoms with Crippen molar-refractivity contribution in [3.05, 3.63) is 0 Å². The van der Waals surface area contributed by atoms with Gasteiger partial charge in [0.2, 0.25) is 5.91 Å². The number of piperidine rings is 1. The average Bonchev–Trinajstić information content (AvgIpc) is 2.76. The molecule has 0 saturated carbocycles. The summed E-state index contributed by atoms with van der Waals surface area (Å²) in [5, 5.41) is 3.48. The van der Waals surface area contributed by atoms with E-state index in [0.717, 1.165) is 32.7 Å². The van der Waals surface area contributed by atoms with Crippen LogP contribution in [-0.4, -0.2) is 61.0 Å². The van der Waals surface area contributed by atoms with Crippen LogP contribution in [0.25, 0.3) is 0 Å². The quantitative estimate of drug-likeness (QED) is 0.844. The van der Waals surface area contributed by atoms with E-state index in [-0.39, 0.29) is 0 Å². The predicted molar refractivity (Wildman–Crippen MR) is 87.4 cm³/mol. The summed E-state index contributed by atoms with van der Waals surface area (Å²) in [6, 6.07) is 0.447. The van der Waals surface area contributed by atoms with Crippen molar-refractivity contribution in [2.45, 2.75) is 58.4 Å². The minimum absolute atomic E-state index is 0.342. The van der Waals surface area contributed by atoms with Crippen LogP contribution in [0.4, 0.5) is 0 Å². The number of amides is 1. The molecule has 2 saturated heterocycles. The largest absolute Gasteiger partial charge is 0.342 e. The van der Waals surface area contributed by atoms with Crippen molar-refractivity contribution in [1.82, 2.24) is 15.1 Å². The molecule has 1 amide bonds. The summed E-state index contributed by atoms with van der Waals surface area (Å²) in [6.45, 7) is 10.3. The highest BCUT2D eigenvalue weighted by atomic mass is 16.2. The molecule has 1 unspecified atom stereocenters. The van der Waals surface area contributed by atoms with Gasteiger partial charge in [-0.15, -0.1) is 0 Å². The van der Waals surface area contributed by atoms with Gasteiger partial charge in [0, 0.05) is 25.7 Å². The van der Waals surface area contributed by atoms with E-state index in [4.69, 9.17) is 0 Å². The molecule has 2 heterocycles. The van der Waals surface area contributed by atoms with Gasteiger partial charge in [0.25, 0.3) is 0 Å². The smallest absolute Gasteiger partial charge is 0.236 e. The van der Waals surface area contributed by atoms with Gasteiger partial charge in [-0.1, -0.05) is 12.8 Å². The summed E-state index contributed by atoms with van der Waals surface area (Å²) in [6.07, 6.45) is 7.50. The van der Waals surface area contributed by atoms with E-state index in [1.807, 2.05) is 0 Å². The van der Waals surface area contributed by atoms with Crippen molar-refractivity contribution in [1.29, 1.82) is 0 Å². The zero-order valence-electron chi connectivity index (χ0n) is 13.9. The molecule has 0 aliphatic carbocycles. The first-order chi connectivity index (χ1) is 10.2. The Labute approximate surface area is 130 Å². The number of hydrogen-bond acceptors (Lipinski definition) is 3. The lowest BCUT2D eigenvalue weighted by molar-refractivity contribution is -0.133. The maximum atomic E-state index is 12.6. The highest BCUT2D eigenvalue weighted by molar-refractivity contribution is 5.78. The first-order valence-electron chi connectivity index (χ1n) is 8.89. The van der Waals surface area contributed by atoms with E-state index < -0.39 is 0 Å². The van der Waals surface area contributed by atoms with Crippen LogP contribution < -0.4 is 5.32 Å². The Morgan fingerprint density at radius 2 is 1.90 bits per heavy atom. The van der Waals surface area contributed by atoms with Gasteiger partial charge in [0.05, 0.1) is 6.54 Å². The fourth-order valence-electron chi connectivity index (χ4n) is 3.46. The number of hydrogen-bond donors (Lipinski definition) is 1. The summed E-state index contributed by atoms with van der Waals surface area (Å²) in [5.41, 5.74) is 0. The molecule has 0 aromatic carbocycles. The van der Waals surface area contributed by atoms with Gasteiger partial charge in [0.1, 0.15) is 0 Å². The molecule has 4 nitrogen and oxygen atoms in total. The summed E-state index contributed by atoms with van der Waals surface area (Å²) in [7, 11) is 0. The van der Waals surface area contributed by atoms with Gasteiger partial charge >= 0.3 is 0 Å². The second-order valence-electron chi connectivity index (χ2n) is 7.03. The van der Waals surface area contributed by atoms with E-state index in [1.54, 1.807) is 0 Å². The lowest BCUT2D eigenvalue weighted by atomic mass is 9.98. The Kier molecular flexibility index (Phi) is 6.97. The zero-order valence-corrected chi connectivity index (χ0v) is 13.9. The predicted octanol–water partition coefficient (Wildman–Crippen LogP) is 2.10. The van der Waals surface area contributed by atoms with Crippen LogP contribution in [0.1, 0.15) is 52.4 Å². The molecule has 0 radical (unpaired) electrons. The minimum Gasteiger partial charge on any atom is -0.342 e. The molecule has 4 heteroatoms. The number of carbonyl (C=O) groups excluding carboxylic acids is 1. The molecule has 0 aromatic heterocycles. The van der Waals surface area contributed by atoms with Crippen molar-refractivity contribution in [2.75, 3.05) is 39.3 Å². The third-order valence-corrected chi connectivity index (χ3v) is 4.92. The molecule has 2 rings (SSSR count). The van der Waals surface area contributed by atoms with Crippen LogP contribution in [-0.2, 0) is 4.79 Å². The minimum atomic E-state index is 0.342. The van der Waals surface area contributed by atoms with Crippen molar-refractivity contribution < 1.29 is 4.79 Å². The van der Waals surface area contributed by atoms with Crippen LogP contribution in [0, 0.1) is 5.92 Å². The first-order valence-corrected chi connectivity index (χ1v) is 8.89. The van der Waals surface area contributed by atoms with Gasteiger partial charge in [-0.2, -0.15) is 0 Å². The van der Waals surface area contributed by atoms with Crippen LogP contribution in [0.3, 0.4) is 0 Å². The Morgan fingerprint density at radius 1 is 1.19 bits per heavy atom. The summed E-state index contributed by atoms with van der Waals surface area (Å²) in [4.78, 5) is 17.1. The Morgan fingerprint density at radius 3 is 2.48 bits per heavy atom. The van der Waals surface area contributed by atoms with E-state index in [0.29, 0.717) is 24.4 Å². The van der Waals surface area contributed by atoms with Crippen molar-refractivity contribution in [3.8, 4) is 0 Å². The highest BCUT2D eigenvalue weighted by Gasteiger charge is 2.23. The highest BCUT2D eigenvalue weighted by Crippen LogP contribution is 2.15. The molecule has 2 fully saturated rings. The number of likely N-dealkylation sites (tertiary alicyclic amines) is 1. The summed E-state index contributed by atoms with van der Waals surface area (Å²) < 4.78 is 0. The van der Waals surface area contributed by atoms with Gasteiger partial charge in [-0.05, 0) is 58.5 Å². The maximum Gasteiger partial charge on any atom is 0.236 e. The molecule has 0 spiro atoms. The topological polar surface area (TPSA) is 35.6 Å². The van der Waals surface area contributed by atoms with Crippen LogP contribution in [0.5, 0.6) is 0 Å². The third kappa shape index (κ3) is 5.59. The molecule has 1 atom stereocenters. The monoisotopic (exact) mass is 295 g/mol. The Hall–Kier alpha value is -0.610. The number of nitrogens with zero attached hydrogens (tertiary/aromatic N) is 2. The van der Waals surface area contributed by atoms with Crippen LogP contribution in [0.15, 0.2) is 0 Å². The summed E-state index contributed by atoms with van der Waals surface area (Å²) >= 11 is 0. The Bertz CT molecular complexity index is 305. The number of rotatable bonds is 5. The van der Waals surface area contributed by atoms with Gasteiger partial charge in [-0.25, -0.2) is 0 Å². The van der Waals surface area contributed by atoms with Gasteiger partial charge in [-0.3, -0.25) is 9.69 Å². The maximum absolute atomic E-state index is 12.6. The van der Waals surface area contributed by atoms with E-state index in [2.05, 4.69) is 29.0 Å². The molecule has 0 bridgehead atoms. The van der Waals surface area contributed by atoms with Gasteiger partial charge < -0.3 is 10.2 Å². The van der Waals surface area contributed by atoms with Gasteiger partial charge in [0.15, 0.2) is 0 Å². The van der Waals surface area contributed by atoms with Crippen molar-refractivity contribution in [3.63, 3.8) is 0 Å². The van der Waals surface area contributed by atoms with Crippen molar-refractivity contribution in [2.24, 2.45) is 5.92 Å². The fraction of sp³-hybridized carbons (Fsp3) is 0.941. The van der Waals surface area contributed by atoms with E-state index in [9.17, 15) is 4.79 Å². The average molecular weight is 295 g/mol. The SMILES string of the molecule is CC(C)N(CC(=O)N1CCCCCC1)CC1CCCNC1. The zero-order chi connectivity index (χ0) is 15.1. The lowest BCUT2D eigenvalue weighted by Gasteiger charge is -2.33. The van der Waals surface area contributed by atoms with E-state index in [1.165, 1.54) is 38.5 Å². The third-order valence-electron chi connectivity index (χ3n) is 4.92. The molecule has 122 valence electrons. The second kappa shape index (κ2) is 8.74. The normalized spacial score (nSPS) is 24.4. The first kappa shape index (κ1) is 16.8. The number of carbonyl (C=O) groups is 1. The van der Waals surface area contributed by atoms with E-state index >= 15 is 0 Å². The molecule has 1 N–H and O–H groups in total. The van der Waals surface area contributed by atoms with Crippen LogP contribution in [0.2, 0.25) is 0 Å². The molecule has 2 aliphatic heterocycles. The fourth-order valence-corrected chi connectivity index (χ4v) is 3.46. The lowest BCUT2D eigenvalue weighted by Crippen LogP contribution is -2.47. The standard InChI is InChI=1S/C17H33N3O/c1-15(2)20(13-16-8-7-9-18-12-16)14-17(21)19-10-5-3-4-6-11-19/h15-16,18H,3-14H2,1-2H3. The Balaban J connectivity index is 1.84. The van der Waals surface area contributed by atoms with Crippen LogP contribution >= 0.6 is 0 Å². The molecule has 0 aromatic rings. The molecular formula is C17H33N3O. The number of nitrogens with one attached hydrogen (secondary N) is 1. The molecular weight excluding hydrogens is 262 g/mol. The molecule has 2 aliphatic rings. The summed E-state index contributed by atoms with van der Waals surface area (Å²) in [5.74, 6) is 1.05. The second-order valence-corrected chi connectivity index (χ2v) is 7.03.